The summed E-state index contributed by atoms with van der Waals surface area (Å²) in [6.07, 6.45) is 0. The maximum Gasteiger partial charge on any atom is 0.271 e. The molecular weight excluding hydrogens is 452 g/mol. The van der Waals surface area contributed by atoms with Crippen LogP contribution in [0.3, 0.4) is 0 Å². The van der Waals surface area contributed by atoms with Crippen molar-refractivity contribution in [3.05, 3.63) is 69.6 Å². The van der Waals surface area contributed by atoms with Gasteiger partial charge in [0, 0.05) is 5.02 Å². The molecule has 1 heterocycles. The van der Waals surface area contributed by atoms with E-state index in [-0.39, 0.29) is 20.5 Å². The number of aryl methyl sites for hydroxylation is 3. The summed E-state index contributed by atoms with van der Waals surface area (Å²) in [5.74, 6) is 0. The van der Waals surface area contributed by atoms with Gasteiger partial charge in [-0.25, -0.2) is 16.8 Å². The fraction of sp³-hybridized carbons (Fsp3) is 0.158. The van der Waals surface area contributed by atoms with Gasteiger partial charge in [-0.1, -0.05) is 23.7 Å². The van der Waals surface area contributed by atoms with Gasteiger partial charge in [-0.05, 0) is 73.2 Å². The first-order valence-corrected chi connectivity index (χ1v) is 12.7. The second-order valence-corrected chi connectivity index (χ2v) is 11.5. The predicted octanol–water partition coefficient (Wildman–Crippen LogP) is 4.93. The number of sulfonamides is 2. The Bertz CT molecular complexity index is 1270. The fourth-order valence-electron chi connectivity index (χ4n) is 2.55. The first-order valence-electron chi connectivity index (χ1n) is 8.46. The van der Waals surface area contributed by atoms with Gasteiger partial charge in [-0.15, -0.1) is 11.3 Å². The molecule has 6 nitrogen and oxygen atoms in total. The van der Waals surface area contributed by atoms with E-state index in [0.717, 1.165) is 22.5 Å². The van der Waals surface area contributed by atoms with Crippen LogP contribution in [0.25, 0.3) is 0 Å². The lowest BCUT2D eigenvalue weighted by molar-refractivity contribution is 0.599. The zero-order valence-corrected chi connectivity index (χ0v) is 19.1. The van der Waals surface area contributed by atoms with Crippen molar-refractivity contribution in [2.75, 3.05) is 9.44 Å². The summed E-state index contributed by atoms with van der Waals surface area (Å²) >= 11 is 7.21. The van der Waals surface area contributed by atoms with E-state index in [1.807, 2.05) is 13.8 Å². The van der Waals surface area contributed by atoms with Gasteiger partial charge in [-0.2, -0.15) is 0 Å². The third kappa shape index (κ3) is 4.75. The molecular formula is C19H19ClN2O4S3. The van der Waals surface area contributed by atoms with Crippen LogP contribution in [-0.2, 0) is 20.0 Å². The highest BCUT2D eigenvalue weighted by Crippen LogP contribution is 2.33. The standard InChI is InChI=1S/C19H19ClN2O4S3/c1-12-6-7-15(9-13(12)2)28(23,24)21-17-10-14(3)16(20)11-18(17)22-29(25,26)19-5-4-8-27-19/h4-11,21-22H,1-3H3. The molecule has 3 rings (SSSR count). The van der Waals surface area contributed by atoms with E-state index in [4.69, 9.17) is 11.6 Å². The van der Waals surface area contributed by atoms with Gasteiger partial charge in [0.15, 0.2) is 0 Å². The monoisotopic (exact) mass is 470 g/mol. The molecule has 2 aromatic carbocycles. The molecule has 0 atom stereocenters. The van der Waals surface area contributed by atoms with Crippen LogP contribution in [0.15, 0.2) is 56.9 Å². The summed E-state index contributed by atoms with van der Waals surface area (Å²) in [6.45, 7) is 5.41. The van der Waals surface area contributed by atoms with Crippen LogP contribution in [-0.4, -0.2) is 16.8 Å². The summed E-state index contributed by atoms with van der Waals surface area (Å²) in [6, 6.07) is 10.7. The number of thiophene rings is 1. The van der Waals surface area contributed by atoms with Gasteiger partial charge in [-0.3, -0.25) is 9.44 Å². The van der Waals surface area contributed by atoms with Gasteiger partial charge in [0.25, 0.3) is 20.0 Å². The van der Waals surface area contributed by atoms with E-state index >= 15 is 0 Å². The van der Waals surface area contributed by atoms with Crippen LogP contribution in [0.4, 0.5) is 11.4 Å². The minimum Gasteiger partial charge on any atom is -0.277 e. The normalized spacial score (nSPS) is 12.0. The van der Waals surface area contributed by atoms with Gasteiger partial charge in [0.05, 0.1) is 16.3 Å². The molecule has 0 unspecified atom stereocenters. The van der Waals surface area contributed by atoms with Crippen molar-refractivity contribution in [1.29, 1.82) is 0 Å². The van der Waals surface area contributed by atoms with Gasteiger partial charge in [0.2, 0.25) is 0 Å². The maximum absolute atomic E-state index is 12.9. The first-order chi connectivity index (χ1) is 13.5. The van der Waals surface area contributed by atoms with Crippen LogP contribution in [0, 0.1) is 20.8 Å². The van der Waals surface area contributed by atoms with E-state index in [1.165, 1.54) is 24.3 Å². The Morgan fingerprint density at radius 3 is 2.07 bits per heavy atom. The van der Waals surface area contributed by atoms with Crippen LogP contribution >= 0.6 is 22.9 Å². The molecule has 0 radical (unpaired) electrons. The minimum absolute atomic E-state index is 0.0430. The number of hydrogen-bond acceptors (Lipinski definition) is 5. The predicted molar refractivity (Wildman–Crippen MR) is 118 cm³/mol. The molecule has 2 N–H and O–H groups in total. The van der Waals surface area contributed by atoms with Crippen molar-refractivity contribution in [2.45, 2.75) is 29.9 Å². The molecule has 0 spiro atoms. The zero-order chi connectivity index (χ0) is 21.4. The minimum atomic E-state index is -3.94. The Morgan fingerprint density at radius 1 is 0.793 bits per heavy atom. The van der Waals surface area contributed by atoms with Crippen molar-refractivity contribution in [1.82, 2.24) is 0 Å². The Labute approximate surface area is 179 Å². The molecule has 0 saturated heterocycles. The molecule has 154 valence electrons. The number of benzene rings is 2. The maximum atomic E-state index is 12.9. The van der Waals surface area contributed by atoms with Crippen molar-refractivity contribution in [3.63, 3.8) is 0 Å². The quantitative estimate of drug-likeness (QED) is 0.534. The molecule has 0 fully saturated rings. The Morgan fingerprint density at radius 2 is 1.45 bits per heavy atom. The molecule has 3 aromatic rings. The lowest BCUT2D eigenvalue weighted by Crippen LogP contribution is -2.17. The third-order valence-electron chi connectivity index (χ3n) is 4.34. The van der Waals surface area contributed by atoms with E-state index in [9.17, 15) is 16.8 Å². The fourth-order valence-corrected chi connectivity index (χ4v) is 5.93. The molecule has 1 aromatic heterocycles. The molecule has 0 aliphatic carbocycles. The first kappa shape index (κ1) is 21.6. The van der Waals surface area contributed by atoms with E-state index < -0.39 is 20.0 Å². The Hall–Kier alpha value is -2.07. The average Bonchev–Trinajstić information content (AvgIpc) is 3.17. The SMILES string of the molecule is Cc1ccc(S(=O)(=O)Nc2cc(C)c(Cl)cc2NS(=O)(=O)c2cccs2)cc1C. The van der Waals surface area contributed by atoms with Crippen LogP contribution < -0.4 is 9.44 Å². The van der Waals surface area contributed by atoms with E-state index in [1.54, 1.807) is 30.5 Å². The highest BCUT2D eigenvalue weighted by Gasteiger charge is 2.22. The number of halogens is 1. The van der Waals surface area contributed by atoms with Crippen molar-refractivity contribution >= 4 is 54.4 Å². The van der Waals surface area contributed by atoms with Crippen LogP contribution in [0.1, 0.15) is 16.7 Å². The molecule has 0 aliphatic rings. The number of hydrogen-bond donors (Lipinski definition) is 2. The number of rotatable bonds is 6. The molecule has 0 amide bonds. The third-order valence-corrected chi connectivity index (χ3v) is 8.87. The van der Waals surface area contributed by atoms with Crippen LogP contribution in [0.5, 0.6) is 0 Å². The van der Waals surface area contributed by atoms with Gasteiger partial charge < -0.3 is 0 Å². The second-order valence-electron chi connectivity index (χ2n) is 6.54. The topological polar surface area (TPSA) is 92.3 Å². The summed E-state index contributed by atoms with van der Waals surface area (Å²) in [7, 11) is -7.82. The van der Waals surface area contributed by atoms with Crippen molar-refractivity contribution in [3.8, 4) is 0 Å². The van der Waals surface area contributed by atoms with Crippen molar-refractivity contribution in [2.24, 2.45) is 0 Å². The summed E-state index contributed by atoms with van der Waals surface area (Å²) in [4.78, 5) is 0.0836. The largest absolute Gasteiger partial charge is 0.277 e. The second kappa shape index (κ2) is 7.98. The molecule has 0 bridgehead atoms. The zero-order valence-electron chi connectivity index (χ0n) is 15.9. The van der Waals surface area contributed by atoms with Crippen LogP contribution in [0.2, 0.25) is 5.02 Å². The smallest absolute Gasteiger partial charge is 0.271 e. The highest BCUT2D eigenvalue weighted by atomic mass is 35.5. The Balaban J connectivity index is 2.03. The van der Waals surface area contributed by atoms with Gasteiger partial charge >= 0.3 is 0 Å². The lowest BCUT2D eigenvalue weighted by Gasteiger charge is -2.16. The molecule has 10 heteroatoms. The lowest BCUT2D eigenvalue weighted by atomic mass is 10.1. The summed E-state index contributed by atoms with van der Waals surface area (Å²) < 4.78 is 56.0. The Kier molecular flexibility index (Phi) is 5.96. The van der Waals surface area contributed by atoms with E-state index in [0.29, 0.717) is 10.6 Å². The van der Waals surface area contributed by atoms with Gasteiger partial charge in [0.1, 0.15) is 4.21 Å². The molecule has 0 aliphatic heterocycles. The average molecular weight is 471 g/mol. The highest BCUT2D eigenvalue weighted by molar-refractivity contribution is 7.94. The molecule has 29 heavy (non-hydrogen) atoms. The number of nitrogens with one attached hydrogen (secondary N) is 2. The molecule has 0 saturated carbocycles. The summed E-state index contributed by atoms with van der Waals surface area (Å²) in [5, 5.41) is 1.95. The van der Waals surface area contributed by atoms with Crippen molar-refractivity contribution < 1.29 is 16.8 Å². The number of anilines is 2. The summed E-state index contributed by atoms with van der Waals surface area (Å²) in [5.41, 5.74) is 2.53. The van der Waals surface area contributed by atoms with E-state index in [2.05, 4.69) is 9.44 Å².